The maximum absolute atomic E-state index is 11.4. The van der Waals surface area contributed by atoms with Gasteiger partial charge in [0.2, 0.25) is 0 Å². The number of fused-ring (bicyclic) bond motifs is 1. The molecule has 0 spiro atoms. The molecule has 1 fully saturated rings. The first kappa shape index (κ1) is 13.8. The Labute approximate surface area is 123 Å². The van der Waals surface area contributed by atoms with Crippen molar-refractivity contribution in [3.63, 3.8) is 0 Å². The van der Waals surface area contributed by atoms with Crippen LogP contribution in [0, 0.1) is 0 Å². The van der Waals surface area contributed by atoms with Crippen molar-refractivity contribution in [3.05, 3.63) is 35.9 Å². The highest BCUT2D eigenvalue weighted by atomic mass is 16.5. The summed E-state index contributed by atoms with van der Waals surface area (Å²) in [5.74, 6) is -0.372. The standard InChI is InChI=1S/C16H18N2O3/c1-16(7-4-8-21-16)10-17-14-9-12(15(19)20)11-5-2-3-6-13(11)18-14/h2-3,5-6,9H,4,7-8,10H2,1H3,(H,17,18)(H,19,20). The SMILES string of the molecule is CC1(CNc2cc(C(=O)O)c3ccccc3n2)CCCO1. The Morgan fingerprint density at radius 2 is 2.29 bits per heavy atom. The highest BCUT2D eigenvalue weighted by molar-refractivity contribution is 6.03. The molecule has 0 bridgehead atoms. The van der Waals surface area contributed by atoms with Crippen LogP contribution in [0.3, 0.4) is 0 Å². The molecule has 0 amide bonds. The fraction of sp³-hybridized carbons (Fsp3) is 0.375. The number of nitrogens with one attached hydrogen (secondary N) is 1. The van der Waals surface area contributed by atoms with E-state index < -0.39 is 5.97 Å². The van der Waals surface area contributed by atoms with Gasteiger partial charge in [-0.3, -0.25) is 0 Å². The molecule has 0 aliphatic carbocycles. The fourth-order valence-corrected chi connectivity index (χ4v) is 2.70. The van der Waals surface area contributed by atoms with Crippen LogP contribution in [0.1, 0.15) is 30.1 Å². The van der Waals surface area contributed by atoms with Gasteiger partial charge in [-0.05, 0) is 31.9 Å². The van der Waals surface area contributed by atoms with Crippen molar-refractivity contribution in [1.29, 1.82) is 0 Å². The van der Waals surface area contributed by atoms with Gasteiger partial charge in [-0.1, -0.05) is 18.2 Å². The van der Waals surface area contributed by atoms with Gasteiger partial charge in [0.1, 0.15) is 5.82 Å². The summed E-state index contributed by atoms with van der Waals surface area (Å²) in [6.45, 7) is 3.47. The minimum Gasteiger partial charge on any atom is -0.478 e. The summed E-state index contributed by atoms with van der Waals surface area (Å²) in [5.41, 5.74) is 0.745. The number of carbonyl (C=O) groups is 1. The molecule has 1 unspecified atom stereocenters. The van der Waals surface area contributed by atoms with Gasteiger partial charge in [0.25, 0.3) is 0 Å². The van der Waals surface area contributed by atoms with Crippen LogP contribution in [0.4, 0.5) is 5.82 Å². The minimum absolute atomic E-state index is 0.198. The quantitative estimate of drug-likeness (QED) is 0.904. The number of hydrogen-bond acceptors (Lipinski definition) is 4. The Morgan fingerprint density at radius 1 is 1.48 bits per heavy atom. The van der Waals surface area contributed by atoms with Crippen molar-refractivity contribution in [3.8, 4) is 0 Å². The summed E-state index contributed by atoms with van der Waals surface area (Å²) in [6.07, 6.45) is 2.06. The zero-order valence-corrected chi connectivity index (χ0v) is 11.9. The van der Waals surface area contributed by atoms with Crippen LogP contribution in [0.25, 0.3) is 10.9 Å². The lowest BCUT2D eigenvalue weighted by atomic mass is 10.0. The second kappa shape index (κ2) is 5.33. The third-order valence-electron chi connectivity index (χ3n) is 3.89. The summed E-state index contributed by atoms with van der Waals surface area (Å²) in [6, 6.07) is 8.85. The van der Waals surface area contributed by atoms with Crippen LogP contribution in [-0.2, 0) is 4.74 Å². The van der Waals surface area contributed by atoms with E-state index in [2.05, 4.69) is 17.2 Å². The monoisotopic (exact) mass is 286 g/mol. The molecule has 1 aromatic heterocycles. The maximum atomic E-state index is 11.4. The predicted octanol–water partition coefficient (Wildman–Crippen LogP) is 2.91. The molecule has 21 heavy (non-hydrogen) atoms. The van der Waals surface area contributed by atoms with Crippen LogP contribution in [0.15, 0.2) is 30.3 Å². The zero-order chi connectivity index (χ0) is 14.9. The lowest BCUT2D eigenvalue weighted by Gasteiger charge is -2.23. The van der Waals surface area contributed by atoms with E-state index >= 15 is 0 Å². The first-order valence-electron chi connectivity index (χ1n) is 7.08. The highest BCUT2D eigenvalue weighted by Crippen LogP contribution is 2.26. The summed E-state index contributed by atoms with van der Waals surface area (Å²) < 4.78 is 5.72. The molecule has 1 saturated heterocycles. The van der Waals surface area contributed by atoms with Gasteiger partial charge in [-0.2, -0.15) is 0 Å². The number of para-hydroxylation sites is 1. The fourth-order valence-electron chi connectivity index (χ4n) is 2.70. The largest absolute Gasteiger partial charge is 0.478 e. The predicted molar refractivity (Wildman–Crippen MR) is 80.8 cm³/mol. The molecule has 2 N–H and O–H groups in total. The van der Waals surface area contributed by atoms with E-state index in [9.17, 15) is 9.90 Å². The molecule has 5 nitrogen and oxygen atoms in total. The van der Waals surface area contributed by atoms with Crippen molar-refractivity contribution in [2.45, 2.75) is 25.4 Å². The Hall–Kier alpha value is -2.14. The molecule has 1 aliphatic heterocycles. The third kappa shape index (κ3) is 2.83. The third-order valence-corrected chi connectivity index (χ3v) is 3.89. The van der Waals surface area contributed by atoms with Crippen molar-refractivity contribution >= 4 is 22.7 Å². The number of carboxylic acid groups (broad SMARTS) is 1. The molecule has 3 rings (SSSR count). The molecule has 1 atom stereocenters. The number of pyridine rings is 1. The number of ether oxygens (including phenoxy) is 1. The average Bonchev–Trinajstić information content (AvgIpc) is 2.91. The van der Waals surface area contributed by atoms with E-state index in [1.807, 2.05) is 18.2 Å². The van der Waals surface area contributed by atoms with E-state index in [1.54, 1.807) is 12.1 Å². The normalized spacial score (nSPS) is 21.6. The lowest BCUT2D eigenvalue weighted by Crippen LogP contribution is -2.32. The molecule has 0 saturated carbocycles. The number of aromatic nitrogens is 1. The minimum atomic E-state index is -0.944. The highest BCUT2D eigenvalue weighted by Gasteiger charge is 2.29. The Balaban J connectivity index is 1.90. The zero-order valence-electron chi connectivity index (χ0n) is 11.9. The van der Waals surface area contributed by atoms with Crippen LogP contribution < -0.4 is 5.32 Å². The smallest absolute Gasteiger partial charge is 0.336 e. The van der Waals surface area contributed by atoms with Crippen molar-refractivity contribution in [2.24, 2.45) is 0 Å². The first-order chi connectivity index (χ1) is 10.1. The molecule has 0 radical (unpaired) electrons. The van der Waals surface area contributed by atoms with Crippen LogP contribution in [0.5, 0.6) is 0 Å². The van der Waals surface area contributed by atoms with Crippen LogP contribution in [0.2, 0.25) is 0 Å². The number of carboxylic acids is 1. The summed E-state index contributed by atoms with van der Waals surface area (Å²) >= 11 is 0. The van der Waals surface area contributed by atoms with Gasteiger partial charge in [0, 0.05) is 18.5 Å². The second-order valence-electron chi connectivity index (χ2n) is 5.63. The van der Waals surface area contributed by atoms with Gasteiger partial charge < -0.3 is 15.2 Å². The summed E-state index contributed by atoms with van der Waals surface area (Å²) in [5, 5.41) is 13.2. The van der Waals surface area contributed by atoms with Gasteiger partial charge in [-0.15, -0.1) is 0 Å². The first-order valence-corrected chi connectivity index (χ1v) is 7.08. The van der Waals surface area contributed by atoms with E-state index in [-0.39, 0.29) is 11.2 Å². The number of anilines is 1. The van der Waals surface area contributed by atoms with Gasteiger partial charge in [0.05, 0.1) is 16.7 Å². The van der Waals surface area contributed by atoms with Crippen molar-refractivity contribution < 1.29 is 14.6 Å². The van der Waals surface area contributed by atoms with E-state index in [0.29, 0.717) is 23.3 Å². The lowest BCUT2D eigenvalue weighted by molar-refractivity contribution is 0.0315. The van der Waals surface area contributed by atoms with Crippen LogP contribution >= 0.6 is 0 Å². The molecular formula is C16H18N2O3. The van der Waals surface area contributed by atoms with Gasteiger partial charge in [-0.25, -0.2) is 9.78 Å². The summed E-state index contributed by atoms with van der Waals surface area (Å²) in [4.78, 5) is 15.9. The average molecular weight is 286 g/mol. The van der Waals surface area contributed by atoms with E-state index in [4.69, 9.17) is 4.74 Å². The second-order valence-corrected chi connectivity index (χ2v) is 5.63. The van der Waals surface area contributed by atoms with Crippen LogP contribution in [-0.4, -0.2) is 34.8 Å². The topological polar surface area (TPSA) is 71.5 Å². The Kier molecular flexibility index (Phi) is 3.51. The Bertz CT molecular complexity index is 678. The number of aromatic carboxylic acids is 1. The summed E-state index contributed by atoms with van der Waals surface area (Å²) in [7, 11) is 0. The van der Waals surface area contributed by atoms with Gasteiger partial charge in [0.15, 0.2) is 0 Å². The molecule has 2 aromatic rings. The van der Waals surface area contributed by atoms with E-state index in [0.717, 1.165) is 19.4 Å². The van der Waals surface area contributed by atoms with Gasteiger partial charge >= 0.3 is 5.97 Å². The number of nitrogens with zero attached hydrogens (tertiary/aromatic N) is 1. The molecule has 1 aliphatic rings. The molecule has 5 heteroatoms. The molecule has 110 valence electrons. The van der Waals surface area contributed by atoms with Crippen molar-refractivity contribution in [1.82, 2.24) is 4.98 Å². The molecule has 1 aromatic carbocycles. The van der Waals surface area contributed by atoms with E-state index in [1.165, 1.54) is 0 Å². The number of benzene rings is 1. The Morgan fingerprint density at radius 3 is 3.00 bits per heavy atom. The molecule has 2 heterocycles. The number of hydrogen-bond donors (Lipinski definition) is 2. The van der Waals surface area contributed by atoms with Crippen molar-refractivity contribution in [2.75, 3.05) is 18.5 Å². The molecular weight excluding hydrogens is 268 g/mol. The number of rotatable bonds is 4. The maximum Gasteiger partial charge on any atom is 0.336 e.